The Labute approximate surface area is 113 Å². The van der Waals surface area contributed by atoms with Crippen molar-refractivity contribution in [3.63, 3.8) is 0 Å². The van der Waals surface area contributed by atoms with Crippen molar-refractivity contribution in [1.29, 1.82) is 0 Å². The highest BCUT2D eigenvalue weighted by Crippen LogP contribution is 2.31. The molecule has 1 aromatic carbocycles. The quantitative estimate of drug-likeness (QED) is 0.902. The SMILES string of the molecule is COc1ccc(OC)c(C2CS(=O)(=O)CCCN2)c1. The zero-order valence-corrected chi connectivity index (χ0v) is 12.0. The molecule has 1 aliphatic rings. The van der Waals surface area contributed by atoms with Gasteiger partial charge in [0.1, 0.15) is 11.5 Å². The van der Waals surface area contributed by atoms with Crippen molar-refractivity contribution in [3.8, 4) is 11.5 Å². The number of hydrogen-bond donors (Lipinski definition) is 1. The number of ether oxygens (including phenoxy) is 2. The van der Waals surface area contributed by atoms with Gasteiger partial charge in [-0.15, -0.1) is 0 Å². The molecule has 0 amide bonds. The molecule has 0 aromatic heterocycles. The highest BCUT2D eigenvalue weighted by molar-refractivity contribution is 7.91. The van der Waals surface area contributed by atoms with Gasteiger partial charge < -0.3 is 14.8 Å². The van der Waals surface area contributed by atoms with E-state index in [2.05, 4.69) is 5.32 Å². The number of sulfone groups is 1. The molecule has 1 aromatic rings. The molecule has 1 aliphatic heterocycles. The highest BCUT2D eigenvalue weighted by Gasteiger charge is 2.26. The summed E-state index contributed by atoms with van der Waals surface area (Å²) in [7, 11) is 0.146. The summed E-state index contributed by atoms with van der Waals surface area (Å²) in [6.45, 7) is 0.685. The van der Waals surface area contributed by atoms with Crippen LogP contribution in [0.4, 0.5) is 0 Å². The van der Waals surface area contributed by atoms with E-state index in [1.807, 2.05) is 6.07 Å². The molecule has 0 spiro atoms. The Kier molecular flexibility index (Phi) is 4.31. The minimum atomic E-state index is -3.02. The number of benzene rings is 1. The minimum absolute atomic E-state index is 0.0938. The third-order valence-corrected chi connectivity index (χ3v) is 5.01. The largest absolute Gasteiger partial charge is 0.497 e. The number of nitrogens with one attached hydrogen (secondary N) is 1. The second kappa shape index (κ2) is 5.79. The van der Waals surface area contributed by atoms with Crippen molar-refractivity contribution in [2.75, 3.05) is 32.3 Å². The fourth-order valence-corrected chi connectivity index (χ4v) is 3.83. The summed E-state index contributed by atoms with van der Waals surface area (Å²) in [5.74, 6) is 1.70. The lowest BCUT2D eigenvalue weighted by molar-refractivity contribution is 0.392. The smallest absolute Gasteiger partial charge is 0.152 e. The van der Waals surface area contributed by atoms with Crippen molar-refractivity contribution < 1.29 is 17.9 Å². The van der Waals surface area contributed by atoms with Crippen molar-refractivity contribution in [3.05, 3.63) is 23.8 Å². The molecule has 19 heavy (non-hydrogen) atoms. The van der Waals surface area contributed by atoms with E-state index < -0.39 is 9.84 Å². The van der Waals surface area contributed by atoms with Gasteiger partial charge in [-0.05, 0) is 31.2 Å². The van der Waals surface area contributed by atoms with Crippen LogP contribution >= 0.6 is 0 Å². The Morgan fingerprint density at radius 3 is 2.74 bits per heavy atom. The standard InChI is InChI=1S/C13H19NO4S/c1-17-10-4-5-13(18-2)11(8-10)12-9-19(15,16)7-3-6-14-12/h4-5,8,12,14H,3,6-7,9H2,1-2H3. The molecule has 0 bridgehead atoms. The highest BCUT2D eigenvalue weighted by atomic mass is 32.2. The van der Waals surface area contributed by atoms with Crippen LogP contribution in [0.15, 0.2) is 18.2 Å². The monoisotopic (exact) mass is 285 g/mol. The van der Waals surface area contributed by atoms with E-state index in [1.54, 1.807) is 26.4 Å². The van der Waals surface area contributed by atoms with E-state index in [9.17, 15) is 8.42 Å². The summed E-state index contributed by atoms with van der Waals surface area (Å²) in [5.41, 5.74) is 0.826. The van der Waals surface area contributed by atoms with Gasteiger partial charge in [0.15, 0.2) is 9.84 Å². The molecule has 1 unspecified atom stereocenters. The topological polar surface area (TPSA) is 64.6 Å². The lowest BCUT2D eigenvalue weighted by atomic mass is 10.1. The molecule has 0 aliphatic carbocycles. The van der Waals surface area contributed by atoms with Crippen LogP contribution in [-0.4, -0.2) is 40.7 Å². The Bertz CT molecular complexity index is 542. The van der Waals surface area contributed by atoms with Crippen LogP contribution in [-0.2, 0) is 9.84 Å². The fourth-order valence-electron chi connectivity index (χ4n) is 2.28. The lowest BCUT2D eigenvalue weighted by Gasteiger charge is -2.19. The molecule has 5 nitrogen and oxygen atoms in total. The van der Waals surface area contributed by atoms with Crippen LogP contribution in [0.3, 0.4) is 0 Å². The third kappa shape index (κ3) is 3.39. The average molecular weight is 285 g/mol. The summed E-state index contributed by atoms with van der Waals surface area (Å²) in [5, 5.41) is 3.26. The van der Waals surface area contributed by atoms with E-state index in [1.165, 1.54) is 0 Å². The molecule has 1 N–H and O–H groups in total. The Morgan fingerprint density at radius 1 is 1.26 bits per heavy atom. The first kappa shape index (κ1) is 14.1. The minimum Gasteiger partial charge on any atom is -0.497 e. The Balaban J connectivity index is 2.38. The number of rotatable bonds is 3. The molecule has 1 fully saturated rings. The second-order valence-corrected chi connectivity index (χ2v) is 6.81. The summed E-state index contributed by atoms with van der Waals surface area (Å²) < 4.78 is 34.3. The number of hydrogen-bond acceptors (Lipinski definition) is 5. The van der Waals surface area contributed by atoms with E-state index in [4.69, 9.17) is 9.47 Å². The van der Waals surface area contributed by atoms with Gasteiger partial charge in [-0.1, -0.05) is 0 Å². The van der Waals surface area contributed by atoms with Crippen LogP contribution in [0.2, 0.25) is 0 Å². The van der Waals surface area contributed by atoms with Gasteiger partial charge in [0.25, 0.3) is 0 Å². The predicted molar refractivity (Wildman–Crippen MR) is 73.6 cm³/mol. The summed E-state index contributed by atoms with van der Waals surface area (Å²) in [4.78, 5) is 0. The molecule has 1 heterocycles. The average Bonchev–Trinajstić information content (AvgIpc) is 2.58. The van der Waals surface area contributed by atoms with Gasteiger partial charge >= 0.3 is 0 Å². The molecule has 0 radical (unpaired) electrons. The van der Waals surface area contributed by atoms with Crippen molar-refractivity contribution in [1.82, 2.24) is 5.32 Å². The van der Waals surface area contributed by atoms with Gasteiger partial charge in [-0.3, -0.25) is 0 Å². The molecule has 1 atom stereocenters. The number of methoxy groups -OCH3 is 2. The van der Waals surface area contributed by atoms with Crippen LogP contribution < -0.4 is 14.8 Å². The molecule has 1 saturated heterocycles. The van der Waals surface area contributed by atoms with E-state index in [-0.39, 0.29) is 17.5 Å². The summed E-state index contributed by atoms with van der Waals surface area (Å²) in [6, 6.07) is 5.18. The van der Waals surface area contributed by atoms with Crippen molar-refractivity contribution >= 4 is 9.84 Å². The lowest BCUT2D eigenvalue weighted by Crippen LogP contribution is -2.25. The zero-order chi connectivity index (χ0) is 13.9. The maximum atomic E-state index is 11.9. The predicted octanol–water partition coefficient (Wildman–Crippen LogP) is 1.15. The summed E-state index contributed by atoms with van der Waals surface area (Å²) in [6.07, 6.45) is 0.644. The molecule has 0 saturated carbocycles. The molecule has 6 heteroatoms. The normalized spacial score (nSPS) is 22.5. The fraction of sp³-hybridized carbons (Fsp3) is 0.538. The van der Waals surface area contributed by atoms with Gasteiger partial charge in [-0.25, -0.2) is 8.42 Å². The van der Waals surface area contributed by atoms with Gasteiger partial charge in [0.05, 0.1) is 25.7 Å². The third-order valence-electron chi connectivity index (χ3n) is 3.26. The van der Waals surface area contributed by atoms with Crippen molar-refractivity contribution in [2.24, 2.45) is 0 Å². The van der Waals surface area contributed by atoms with E-state index >= 15 is 0 Å². The van der Waals surface area contributed by atoms with Gasteiger partial charge in [-0.2, -0.15) is 0 Å². The van der Waals surface area contributed by atoms with Crippen LogP contribution in [0.25, 0.3) is 0 Å². The zero-order valence-electron chi connectivity index (χ0n) is 11.2. The maximum absolute atomic E-state index is 11.9. The Hall–Kier alpha value is -1.27. The molecular weight excluding hydrogens is 266 g/mol. The maximum Gasteiger partial charge on any atom is 0.152 e. The van der Waals surface area contributed by atoms with Crippen molar-refractivity contribution in [2.45, 2.75) is 12.5 Å². The van der Waals surface area contributed by atoms with Gasteiger partial charge in [0.2, 0.25) is 0 Å². The first-order valence-corrected chi connectivity index (χ1v) is 8.03. The molecular formula is C13H19NO4S. The van der Waals surface area contributed by atoms with Gasteiger partial charge in [0, 0.05) is 11.6 Å². The van der Waals surface area contributed by atoms with E-state index in [0.717, 1.165) is 5.56 Å². The molecule has 2 rings (SSSR count). The second-order valence-electron chi connectivity index (χ2n) is 4.58. The first-order chi connectivity index (χ1) is 9.05. The summed E-state index contributed by atoms with van der Waals surface area (Å²) >= 11 is 0. The van der Waals surface area contributed by atoms with E-state index in [0.29, 0.717) is 24.5 Å². The first-order valence-electron chi connectivity index (χ1n) is 6.21. The molecule has 106 valence electrons. The van der Waals surface area contributed by atoms with Crippen LogP contribution in [0, 0.1) is 0 Å². The van der Waals surface area contributed by atoms with Crippen LogP contribution in [0.5, 0.6) is 11.5 Å². The Morgan fingerprint density at radius 2 is 2.05 bits per heavy atom. The van der Waals surface area contributed by atoms with Crippen LogP contribution in [0.1, 0.15) is 18.0 Å².